The van der Waals surface area contributed by atoms with E-state index in [1.165, 1.54) is 13.2 Å². The molecule has 0 aliphatic heterocycles. The number of hydrogen-bond donors (Lipinski definition) is 0. The molecule has 160 valence electrons. The lowest BCUT2D eigenvalue weighted by molar-refractivity contribution is -0.394. The number of rotatable bonds is 7. The lowest BCUT2D eigenvalue weighted by atomic mass is 10.0. The van der Waals surface area contributed by atoms with Gasteiger partial charge in [0, 0.05) is 11.1 Å². The van der Waals surface area contributed by atoms with Crippen molar-refractivity contribution in [3.8, 4) is 23.3 Å². The van der Waals surface area contributed by atoms with Crippen LogP contribution < -0.4 is 9.47 Å². The van der Waals surface area contributed by atoms with E-state index in [1.807, 2.05) is 0 Å². The minimum atomic E-state index is -0.767. The average molecular weight is 452 g/mol. The van der Waals surface area contributed by atoms with Crippen molar-refractivity contribution < 1.29 is 19.3 Å². The van der Waals surface area contributed by atoms with Gasteiger partial charge in [0.1, 0.15) is 0 Å². The van der Waals surface area contributed by atoms with Crippen LogP contribution in [0.4, 0.5) is 11.4 Å². The molecule has 3 aromatic rings. The van der Waals surface area contributed by atoms with Crippen LogP contribution in [0.15, 0.2) is 60.7 Å². The molecule has 0 atom stereocenters. The largest absolute Gasteiger partial charge is 0.493 e. The van der Waals surface area contributed by atoms with Crippen molar-refractivity contribution in [2.45, 2.75) is 0 Å². The maximum Gasteiger partial charge on any atom is 0.318 e. The molecule has 0 radical (unpaired) electrons. The highest BCUT2D eigenvalue weighted by Crippen LogP contribution is 2.38. The summed E-state index contributed by atoms with van der Waals surface area (Å²) < 4.78 is 10.9. The van der Waals surface area contributed by atoms with E-state index >= 15 is 0 Å². The maximum atomic E-state index is 11.3. The van der Waals surface area contributed by atoms with Crippen molar-refractivity contribution >= 4 is 34.6 Å². The molecule has 0 saturated carbocycles. The standard InChI is InChI=1S/C22H14ClN3O6/c1-31-22-11-14(10-16(13-24)15-3-5-17(23)6-4-15)2-8-21(22)32-20-9-7-18(25(27)28)12-19(20)26(29)30/h2-12H,1H3/b16-10+. The molecule has 0 unspecified atom stereocenters. The van der Waals surface area contributed by atoms with Crippen LogP contribution in [-0.2, 0) is 0 Å². The Kier molecular flexibility index (Phi) is 6.68. The van der Waals surface area contributed by atoms with Crippen molar-refractivity contribution in [1.29, 1.82) is 5.26 Å². The first kappa shape index (κ1) is 22.3. The minimum Gasteiger partial charge on any atom is -0.493 e. The van der Waals surface area contributed by atoms with Gasteiger partial charge in [0.05, 0.1) is 34.7 Å². The summed E-state index contributed by atoms with van der Waals surface area (Å²) in [5, 5.41) is 32.3. The molecule has 0 amide bonds. The summed E-state index contributed by atoms with van der Waals surface area (Å²) in [5.74, 6) is 0.229. The molecule has 0 bridgehead atoms. The van der Waals surface area contributed by atoms with Crippen molar-refractivity contribution in [3.05, 3.63) is 97.0 Å². The molecule has 0 heterocycles. The minimum absolute atomic E-state index is 0.159. The highest BCUT2D eigenvalue weighted by Gasteiger charge is 2.22. The molecular weight excluding hydrogens is 438 g/mol. The molecule has 0 aliphatic carbocycles. The van der Waals surface area contributed by atoms with Crippen LogP contribution in [0.3, 0.4) is 0 Å². The lowest BCUT2D eigenvalue weighted by Crippen LogP contribution is -1.97. The molecule has 32 heavy (non-hydrogen) atoms. The Morgan fingerprint density at radius 2 is 1.66 bits per heavy atom. The van der Waals surface area contributed by atoms with E-state index in [2.05, 4.69) is 6.07 Å². The fourth-order valence-electron chi connectivity index (χ4n) is 2.80. The number of nitrogens with zero attached hydrogens (tertiary/aromatic N) is 3. The Balaban J connectivity index is 1.96. The van der Waals surface area contributed by atoms with Crippen molar-refractivity contribution in [1.82, 2.24) is 0 Å². The second-order valence-electron chi connectivity index (χ2n) is 6.36. The van der Waals surface area contributed by atoms with Crippen LogP contribution in [-0.4, -0.2) is 17.0 Å². The zero-order valence-electron chi connectivity index (χ0n) is 16.5. The van der Waals surface area contributed by atoms with E-state index in [0.29, 0.717) is 21.7 Å². The zero-order chi connectivity index (χ0) is 23.3. The van der Waals surface area contributed by atoms with Gasteiger partial charge in [-0.2, -0.15) is 5.26 Å². The molecule has 0 spiro atoms. The van der Waals surface area contributed by atoms with Crippen molar-refractivity contribution in [3.63, 3.8) is 0 Å². The Morgan fingerprint density at radius 3 is 2.25 bits per heavy atom. The SMILES string of the molecule is COc1cc(/C=C(\C#N)c2ccc(Cl)cc2)ccc1Oc1ccc([N+](=O)[O-])cc1[N+](=O)[O-]. The predicted molar refractivity (Wildman–Crippen MR) is 118 cm³/mol. The smallest absolute Gasteiger partial charge is 0.318 e. The highest BCUT2D eigenvalue weighted by molar-refractivity contribution is 6.30. The summed E-state index contributed by atoms with van der Waals surface area (Å²) in [6, 6.07) is 16.8. The van der Waals surface area contributed by atoms with Crippen molar-refractivity contribution in [2.24, 2.45) is 0 Å². The summed E-state index contributed by atoms with van der Waals surface area (Å²) in [7, 11) is 1.39. The predicted octanol–water partition coefficient (Wildman–Crippen LogP) is 6.02. The number of non-ortho nitro benzene ring substituents is 1. The van der Waals surface area contributed by atoms with Crippen LogP contribution in [0.25, 0.3) is 11.6 Å². The fourth-order valence-corrected chi connectivity index (χ4v) is 2.93. The number of allylic oxidation sites excluding steroid dienone is 1. The number of ether oxygens (including phenoxy) is 2. The van der Waals surface area contributed by atoms with Crippen LogP contribution >= 0.6 is 11.6 Å². The van der Waals surface area contributed by atoms with Gasteiger partial charge < -0.3 is 9.47 Å². The molecule has 3 aromatic carbocycles. The summed E-state index contributed by atoms with van der Waals surface area (Å²) in [4.78, 5) is 20.7. The van der Waals surface area contributed by atoms with Gasteiger partial charge in [0.25, 0.3) is 5.69 Å². The number of hydrogen-bond acceptors (Lipinski definition) is 7. The Bertz CT molecular complexity index is 1270. The van der Waals surface area contributed by atoms with E-state index in [4.69, 9.17) is 21.1 Å². The third-order valence-electron chi connectivity index (χ3n) is 4.34. The van der Waals surface area contributed by atoms with Crippen LogP contribution in [0.5, 0.6) is 17.2 Å². The quantitative estimate of drug-likeness (QED) is 0.186. The van der Waals surface area contributed by atoms with Crippen molar-refractivity contribution in [2.75, 3.05) is 7.11 Å². The van der Waals surface area contributed by atoms with Gasteiger partial charge in [-0.05, 0) is 47.5 Å². The molecule has 0 saturated heterocycles. The van der Waals surface area contributed by atoms with E-state index < -0.39 is 21.2 Å². The Morgan fingerprint density at radius 1 is 0.969 bits per heavy atom. The summed E-state index contributed by atoms with van der Waals surface area (Å²) >= 11 is 5.89. The number of benzene rings is 3. The number of halogens is 1. The number of methoxy groups -OCH3 is 1. The first-order valence-corrected chi connectivity index (χ1v) is 9.36. The molecule has 0 aromatic heterocycles. The van der Waals surface area contributed by atoms with Crippen LogP contribution in [0, 0.1) is 31.6 Å². The molecule has 3 rings (SSSR count). The van der Waals surface area contributed by atoms with Crippen LogP contribution in [0.1, 0.15) is 11.1 Å². The van der Waals surface area contributed by atoms with Gasteiger partial charge in [0.2, 0.25) is 5.75 Å². The normalized spacial score (nSPS) is 10.8. The van der Waals surface area contributed by atoms with E-state index in [1.54, 1.807) is 42.5 Å². The molecule has 9 nitrogen and oxygen atoms in total. The van der Waals surface area contributed by atoms with Gasteiger partial charge in [-0.15, -0.1) is 0 Å². The Hall–Kier alpha value is -4.42. The summed E-state index contributed by atoms with van der Waals surface area (Å²) in [5.41, 5.74) is 0.711. The summed E-state index contributed by atoms with van der Waals surface area (Å²) in [6.45, 7) is 0. The number of nitriles is 1. The van der Waals surface area contributed by atoms with Gasteiger partial charge in [-0.25, -0.2) is 0 Å². The second-order valence-corrected chi connectivity index (χ2v) is 6.79. The van der Waals surface area contributed by atoms with E-state index in [-0.39, 0.29) is 17.2 Å². The van der Waals surface area contributed by atoms with E-state index in [9.17, 15) is 25.5 Å². The van der Waals surface area contributed by atoms with E-state index in [0.717, 1.165) is 18.2 Å². The van der Waals surface area contributed by atoms with Gasteiger partial charge in [0.15, 0.2) is 11.5 Å². The number of nitro groups is 2. The molecule has 0 N–H and O–H groups in total. The topological polar surface area (TPSA) is 129 Å². The third kappa shape index (κ3) is 5.00. The Labute approximate surface area is 187 Å². The average Bonchev–Trinajstić information content (AvgIpc) is 2.78. The monoisotopic (exact) mass is 451 g/mol. The molecule has 0 aliphatic rings. The first-order valence-electron chi connectivity index (χ1n) is 8.99. The summed E-state index contributed by atoms with van der Waals surface area (Å²) in [6.07, 6.45) is 1.64. The van der Waals surface area contributed by atoms with Gasteiger partial charge in [-0.3, -0.25) is 20.2 Å². The number of nitro benzene ring substituents is 2. The first-order chi connectivity index (χ1) is 15.3. The van der Waals surface area contributed by atoms with Gasteiger partial charge in [-0.1, -0.05) is 29.8 Å². The third-order valence-corrected chi connectivity index (χ3v) is 4.60. The fraction of sp³-hybridized carbons (Fsp3) is 0.0455. The zero-order valence-corrected chi connectivity index (χ0v) is 17.3. The van der Waals surface area contributed by atoms with Crippen LogP contribution in [0.2, 0.25) is 5.02 Å². The molecule has 10 heteroatoms. The maximum absolute atomic E-state index is 11.3. The lowest BCUT2D eigenvalue weighted by Gasteiger charge is -2.11. The van der Waals surface area contributed by atoms with Gasteiger partial charge >= 0.3 is 5.69 Å². The highest BCUT2D eigenvalue weighted by atomic mass is 35.5. The second kappa shape index (κ2) is 9.59. The molecule has 0 fully saturated rings. The molecular formula is C22H14ClN3O6.